The van der Waals surface area contributed by atoms with Crippen molar-refractivity contribution in [3.05, 3.63) is 57.0 Å². The van der Waals surface area contributed by atoms with Crippen LogP contribution in [0.1, 0.15) is 12.5 Å². The minimum Gasteiger partial charge on any atom is -0.490 e. The van der Waals surface area contributed by atoms with Gasteiger partial charge in [-0.05, 0) is 55.0 Å². The summed E-state index contributed by atoms with van der Waals surface area (Å²) in [6.45, 7) is 1.73. The number of urea groups is 1. The number of esters is 1. The SMILES string of the molecule is CCOc1cc(/C=C2\C(=O)NC(=O)N(c3ccc(Cl)cc3)C2=O)c(Br)cc1OCC(=O)OC. The molecule has 2 aromatic rings. The summed E-state index contributed by atoms with van der Waals surface area (Å²) in [7, 11) is 1.24. The Hall–Kier alpha value is -3.37. The third-order valence-corrected chi connectivity index (χ3v) is 5.36. The molecule has 11 heteroatoms. The minimum atomic E-state index is -0.870. The van der Waals surface area contributed by atoms with Gasteiger partial charge in [0.2, 0.25) is 0 Å². The second kappa shape index (κ2) is 10.5. The molecule has 0 atom stereocenters. The molecule has 33 heavy (non-hydrogen) atoms. The normalized spacial score (nSPS) is 14.8. The Labute approximate surface area is 202 Å². The number of carbonyl (C=O) groups excluding carboxylic acids is 4. The summed E-state index contributed by atoms with van der Waals surface area (Å²) in [5.41, 5.74) is 0.393. The molecule has 1 heterocycles. The number of rotatable bonds is 7. The van der Waals surface area contributed by atoms with Gasteiger partial charge in [0, 0.05) is 9.50 Å². The topological polar surface area (TPSA) is 111 Å². The number of benzene rings is 2. The number of imide groups is 2. The number of hydrogen-bond donors (Lipinski definition) is 1. The van der Waals surface area contributed by atoms with Gasteiger partial charge in [-0.2, -0.15) is 0 Å². The molecule has 0 aromatic heterocycles. The van der Waals surface area contributed by atoms with E-state index < -0.39 is 23.8 Å². The van der Waals surface area contributed by atoms with E-state index in [-0.39, 0.29) is 29.4 Å². The van der Waals surface area contributed by atoms with E-state index in [1.165, 1.54) is 49.6 Å². The van der Waals surface area contributed by atoms with Crippen LogP contribution < -0.4 is 19.7 Å². The van der Waals surface area contributed by atoms with E-state index in [4.69, 9.17) is 21.1 Å². The lowest BCUT2D eigenvalue weighted by Gasteiger charge is -2.26. The van der Waals surface area contributed by atoms with Crippen molar-refractivity contribution in [3.63, 3.8) is 0 Å². The number of methoxy groups -OCH3 is 1. The number of barbiturate groups is 1. The highest BCUT2D eigenvalue weighted by molar-refractivity contribution is 9.10. The maximum atomic E-state index is 13.1. The van der Waals surface area contributed by atoms with Crippen LogP contribution in [-0.4, -0.2) is 44.1 Å². The van der Waals surface area contributed by atoms with Gasteiger partial charge in [-0.15, -0.1) is 0 Å². The lowest BCUT2D eigenvalue weighted by atomic mass is 10.1. The predicted octanol–water partition coefficient (Wildman–Crippen LogP) is 3.72. The minimum absolute atomic E-state index is 0.251. The maximum absolute atomic E-state index is 13.1. The van der Waals surface area contributed by atoms with E-state index in [0.29, 0.717) is 21.7 Å². The molecule has 3 rings (SSSR count). The molecule has 9 nitrogen and oxygen atoms in total. The fourth-order valence-electron chi connectivity index (χ4n) is 2.88. The second-order valence-electron chi connectivity index (χ2n) is 6.55. The first kappa shape index (κ1) is 24.3. The highest BCUT2D eigenvalue weighted by atomic mass is 79.9. The van der Waals surface area contributed by atoms with Crippen LogP contribution in [0.5, 0.6) is 11.5 Å². The van der Waals surface area contributed by atoms with Crippen LogP contribution in [0.25, 0.3) is 6.08 Å². The molecule has 0 aliphatic carbocycles. The lowest BCUT2D eigenvalue weighted by Crippen LogP contribution is -2.54. The van der Waals surface area contributed by atoms with Gasteiger partial charge in [-0.25, -0.2) is 14.5 Å². The van der Waals surface area contributed by atoms with Crippen molar-refractivity contribution in [1.82, 2.24) is 5.32 Å². The van der Waals surface area contributed by atoms with Crippen LogP contribution in [-0.2, 0) is 19.1 Å². The smallest absolute Gasteiger partial charge is 0.343 e. The second-order valence-corrected chi connectivity index (χ2v) is 7.84. The summed E-state index contributed by atoms with van der Waals surface area (Å²) in [5.74, 6) is -1.68. The molecule has 1 saturated heterocycles. The summed E-state index contributed by atoms with van der Waals surface area (Å²) in [5, 5.41) is 2.58. The van der Waals surface area contributed by atoms with Gasteiger partial charge < -0.3 is 14.2 Å². The molecule has 4 amide bonds. The molecular weight excluding hydrogens is 520 g/mol. The molecule has 0 spiro atoms. The molecule has 2 aromatic carbocycles. The van der Waals surface area contributed by atoms with Crippen LogP contribution in [0.3, 0.4) is 0 Å². The third kappa shape index (κ3) is 5.52. The van der Waals surface area contributed by atoms with Gasteiger partial charge >= 0.3 is 12.0 Å². The zero-order valence-electron chi connectivity index (χ0n) is 17.5. The average molecular weight is 538 g/mol. The largest absolute Gasteiger partial charge is 0.490 e. The summed E-state index contributed by atoms with van der Waals surface area (Å²) >= 11 is 9.25. The van der Waals surface area contributed by atoms with Crippen molar-refractivity contribution in [2.45, 2.75) is 6.92 Å². The van der Waals surface area contributed by atoms with Crippen molar-refractivity contribution < 1.29 is 33.4 Å². The molecule has 1 aliphatic heterocycles. The van der Waals surface area contributed by atoms with E-state index in [0.717, 1.165) is 4.90 Å². The number of anilines is 1. The lowest BCUT2D eigenvalue weighted by molar-refractivity contribution is -0.143. The number of halogens is 2. The first-order chi connectivity index (χ1) is 15.7. The zero-order chi connectivity index (χ0) is 24.1. The van der Waals surface area contributed by atoms with Gasteiger partial charge in [0.1, 0.15) is 5.57 Å². The van der Waals surface area contributed by atoms with Crippen LogP contribution in [0, 0.1) is 0 Å². The fourth-order valence-corrected chi connectivity index (χ4v) is 3.44. The first-order valence-corrected chi connectivity index (χ1v) is 10.7. The number of nitrogens with zero attached hydrogens (tertiary/aromatic N) is 1. The van der Waals surface area contributed by atoms with Crippen molar-refractivity contribution >= 4 is 63.1 Å². The van der Waals surface area contributed by atoms with Crippen molar-refractivity contribution in [2.75, 3.05) is 25.2 Å². The Morgan fingerprint density at radius 2 is 1.79 bits per heavy atom. The first-order valence-electron chi connectivity index (χ1n) is 9.58. The molecule has 1 N–H and O–H groups in total. The fraction of sp³-hybridized carbons (Fsp3) is 0.182. The quantitative estimate of drug-likeness (QED) is 0.325. The van der Waals surface area contributed by atoms with Crippen LogP contribution >= 0.6 is 27.5 Å². The summed E-state index contributed by atoms with van der Waals surface area (Å²) < 4.78 is 16.0. The van der Waals surface area contributed by atoms with Gasteiger partial charge in [0.15, 0.2) is 18.1 Å². The van der Waals surface area contributed by atoms with Gasteiger partial charge in [-0.3, -0.25) is 14.9 Å². The summed E-state index contributed by atoms with van der Waals surface area (Å²) in [6.07, 6.45) is 1.32. The molecule has 1 fully saturated rings. The highest BCUT2D eigenvalue weighted by Crippen LogP contribution is 2.35. The third-order valence-electron chi connectivity index (χ3n) is 4.42. The van der Waals surface area contributed by atoms with Crippen molar-refractivity contribution in [1.29, 1.82) is 0 Å². The van der Waals surface area contributed by atoms with E-state index in [1.54, 1.807) is 6.92 Å². The summed E-state index contributed by atoms with van der Waals surface area (Å²) in [4.78, 5) is 50.1. The molecule has 0 saturated carbocycles. The molecule has 172 valence electrons. The number of amides is 4. The Morgan fingerprint density at radius 3 is 2.42 bits per heavy atom. The maximum Gasteiger partial charge on any atom is 0.343 e. The molecule has 0 unspecified atom stereocenters. The van der Waals surface area contributed by atoms with Gasteiger partial charge in [-0.1, -0.05) is 27.5 Å². The number of carbonyl (C=O) groups is 4. The van der Waals surface area contributed by atoms with Crippen LogP contribution in [0.4, 0.5) is 10.5 Å². The average Bonchev–Trinajstić information content (AvgIpc) is 2.78. The Balaban J connectivity index is 1.99. The van der Waals surface area contributed by atoms with Crippen molar-refractivity contribution in [2.24, 2.45) is 0 Å². The summed E-state index contributed by atoms with van der Waals surface area (Å²) in [6, 6.07) is 8.23. The van der Waals surface area contributed by atoms with Crippen LogP contribution in [0.2, 0.25) is 5.02 Å². The number of hydrogen-bond acceptors (Lipinski definition) is 7. The van der Waals surface area contributed by atoms with E-state index in [9.17, 15) is 19.2 Å². The predicted molar refractivity (Wildman–Crippen MR) is 123 cm³/mol. The Morgan fingerprint density at radius 1 is 1.12 bits per heavy atom. The molecular formula is C22H18BrClN2O7. The number of nitrogens with one attached hydrogen (secondary N) is 1. The highest BCUT2D eigenvalue weighted by Gasteiger charge is 2.37. The zero-order valence-corrected chi connectivity index (χ0v) is 19.9. The van der Waals surface area contributed by atoms with Gasteiger partial charge in [0.25, 0.3) is 11.8 Å². The van der Waals surface area contributed by atoms with E-state index in [1.807, 2.05) is 0 Å². The number of ether oxygens (including phenoxy) is 3. The van der Waals surface area contributed by atoms with E-state index >= 15 is 0 Å². The standard InChI is InChI=1S/C22H18BrClN2O7/c1-3-32-17-9-12(16(23)10-18(17)33-11-19(27)31-2)8-15-20(28)25-22(30)26(21(15)29)14-6-4-13(24)5-7-14/h4-10H,3,11H2,1-2H3,(H,25,28,30)/b15-8+. The molecule has 1 aliphatic rings. The Bertz CT molecular complexity index is 1150. The van der Waals surface area contributed by atoms with Gasteiger partial charge in [0.05, 0.1) is 19.4 Å². The van der Waals surface area contributed by atoms with Crippen LogP contribution in [0.15, 0.2) is 46.4 Å². The van der Waals surface area contributed by atoms with Crippen molar-refractivity contribution in [3.8, 4) is 11.5 Å². The molecule has 0 radical (unpaired) electrons. The molecule has 0 bridgehead atoms. The van der Waals surface area contributed by atoms with E-state index in [2.05, 4.69) is 26.0 Å². The Kier molecular flexibility index (Phi) is 7.72. The monoisotopic (exact) mass is 536 g/mol.